The summed E-state index contributed by atoms with van der Waals surface area (Å²) in [6.45, 7) is 8.25. The quantitative estimate of drug-likeness (QED) is 0.414. The highest BCUT2D eigenvalue weighted by Crippen LogP contribution is 2.47. The summed E-state index contributed by atoms with van der Waals surface area (Å²) in [4.78, 5) is 2.48. The topological polar surface area (TPSA) is 41.9 Å². The van der Waals surface area contributed by atoms with Gasteiger partial charge >= 0.3 is 0 Å². The number of allylic oxidation sites excluding steroid dienone is 1. The first kappa shape index (κ1) is 23.4. The molecule has 5 heteroatoms. The van der Waals surface area contributed by atoms with E-state index in [0.717, 1.165) is 52.6 Å². The van der Waals surface area contributed by atoms with Crippen LogP contribution in [0.1, 0.15) is 49.5 Å². The molecule has 0 aromatic heterocycles. The van der Waals surface area contributed by atoms with Crippen molar-refractivity contribution in [1.82, 2.24) is 4.90 Å². The maximum absolute atomic E-state index is 13.6. The van der Waals surface area contributed by atoms with Crippen LogP contribution in [0.2, 0.25) is 0 Å². The Hall–Kier alpha value is -3.31. The third-order valence-electron chi connectivity index (χ3n) is 7.24. The molecule has 182 valence electrons. The highest BCUT2D eigenvalue weighted by atomic mass is 19.1. The Morgan fingerprint density at radius 1 is 1.06 bits per heavy atom. The smallest absolute Gasteiger partial charge is 0.150 e. The van der Waals surface area contributed by atoms with Crippen LogP contribution in [0.15, 0.2) is 66.7 Å². The minimum Gasteiger partial charge on any atom is -0.508 e. The lowest BCUT2D eigenvalue weighted by molar-refractivity contribution is 0.232. The van der Waals surface area contributed by atoms with E-state index in [1.165, 1.54) is 31.5 Å². The van der Waals surface area contributed by atoms with Gasteiger partial charge in [-0.05, 0) is 85.0 Å². The first-order chi connectivity index (χ1) is 17.0. The number of halogens is 1. The van der Waals surface area contributed by atoms with Gasteiger partial charge in [0.2, 0.25) is 0 Å². The predicted octanol–water partition coefficient (Wildman–Crippen LogP) is 6.71. The number of rotatable bonds is 7. The third-order valence-corrected chi connectivity index (χ3v) is 7.24. The number of aromatic hydroxyl groups is 1. The van der Waals surface area contributed by atoms with Gasteiger partial charge in [0, 0.05) is 24.2 Å². The fourth-order valence-electron chi connectivity index (χ4n) is 5.15. The second-order valence-electron chi connectivity index (χ2n) is 9.50. The Morgan fingerprint density at radius 2 is 1.83 bits per heavy atom. The highest BCUT2D eigenvalue weighted by Gasteiger charge is 2.29. The number of hydrogen-bond acceptors (Lipinski definition) is 4. The van der Waals surface area contributed by atoms with E-state index >= 15 is 0 Å². The largest absolute Gasteiger partial charge is 0.508 e. The summed E-state index contributed by atoms with van der Waals surface area (Å²) < 4.78 is 26.1. The van der Waals surface area contributed by atoms with Gasteiger partial charge in [-0.25, -0.2) is 4.39 Å². The molecule has 0 aliphatic carbocycles. The Kier molecular flexibility index (Phi) is 6.78. The number of hydrogen-bond donors (Lipinski definition) is 1. The van der Waals surface area contributed by atoms with Crippen molar-refractivity contribution in [1.29, 1.82) is 0 Å². The van der Waals surface area contributed by atoms with E-state index in [9.17, 15) is 9.50 Å². The normalized spacial score (nSPS) is 20.0. The van der Waals surface area contributed by atoms with Crippen LogP contribution in [-0.2, 0) is 0 Å². The maximum Gasteiger partial charge on any atom is 0.150 e. The van der Waals surface area contributed by atoms with Crippen LogP contribution in [-0.4, -0.2) is 36.2 Å². The number of benzene rings is 3. The van der Waals surface area contributed by atoms with Crippen molar-refractivity contribution in [2.24, 2.45) is 5.92 Å². The van der Waals surface area contributed by atoms with Gasteiger partial charge in [0.05, 0.1) is 0 Å². The van der Waals surface area contributed by atoms with E-state index in [0.29, 0.717) is 12.4 Å². The molecular weight excluding hydrogens is 441 g/mol. The van der Waals surface area contributed by atoms with E-state index in [1.807, 2.05) is 31.2 Å². The molecule has 3 aromatic rings. The summed E-state index contributed by atoms with van der Waals surface area (Å²) in [5.74, 6) is 2.28. The van der Waals surface area contributed by atoms with Crippen LogP contribution in [0.25, 0.3) is 11.1 Å². The first-order valence-corrected chi connectivity index (χ1v) is 12.4. The van der Waals surface area contributed by atoms with Gasteiger partial charge in [-0.1, -0.05) is 37.6 Å². The Labute approximate surface area is 206 Å². The molecular formula is C30H32FNO3. The van der Waals surface area contributed by atoms with Crippen molar-refractivity contribution in [3.05, 3.63) is 89.2 Å². The lowest BCUT2D eigenvalue weighted by atomic mass is 9.86. The maximum atomic E-state index is 13.6. The van der Waals surface area contributed by atoms with Crippen molar-refractivity contribution in [2.45, 2.75) is 32.8 Å². The van der Waals surface area contributed by atoms with Crippen LogP contribution in [0, 0.1) is 11.7 Å². The fourth-order valence-corrected chi connectivity index (χ4v) is 5.15. The second kappa shape index (κ2) is 10.1. The molecule has 2 atom stereocenters. The molecule has 2 aliphatic rings. The molecule has 0 radical (unpaired) electrons. The van der Waals surface area contributed by atoms with E-state index in [1.54, 1.807) is 30.3 Å². The molecule has 0 amide bonds. The van der Waals surface area contributed by atoms with Crippen molar-refractivity contribution >= 4 is 11.1 Å². The zero-order valence-electron chi connectivity index (χ0n) is 20.3. The molecule has 35 heavy (non-hydrogen) atoms. The molecule has 1 N–H and O–H groups in total. The third kappa shape index (κ3) is 5.06. The monoisotopic (exact) mass is 473 g/mol. The number of nitrogens with zero attached hydrogens (tertiary/aromatic N) is 1. The zero-order valence-corrected chi connectivity index (χ0v) is 20.3. The van der Waals surface area contributed by atoms with Gasteiger partial charge in [0.15, 0.2) is 0 Å². The van der Waals surface area contributed by atoms with Gasteiger partial charge in [-0.2, -0.15) is 0 Å². The Morgan fingerprint density at radius 3 is 2.54 bits per heavy atom. The van der Waals surface area contributed by atoms with Crippen molar-refractivity contribution in [2.75, 3.05) is 26.2 Å². The second-order valence-corrected chi connectivity index (χ2v) is 9.50. The number of fused-ring (bicyclic) bond motifs is 1. The summed E-state index contributed by atoms with van der Waals surface area (Å²) in [5.41, 5.74) is 4.67. The van der Waals surface area contributed by atoms with Crippen molar-refractivity contribution in [3.8, 4) is 17.2 Å². The standard InChI is InChI=1S/C30H32FNO3/c1-3-21-14-15-32(19-21)16-17-34-26-11-6-23(7-12-26)30-29(22-4-8-24(31)9-5-22)20(2)27-18-25(33)10-13-28(27)35-30/h4-13,18,21,30,33H,3,14-17,19H2,1-2H3/t21-,30?/m1/s1. The van der Waals surface area contributed by atoms with Gasteiger partial charge in [-0.3, -0.25) is 4.90 Å². The molecule has 1 saturated heterocycles. The number of phenolic OH excluding ortho intramolecular Hbond substituents is 1. The minimum absolute atomic E-state index is 0.184. The van der Waals surface area contributed by atoms with E-state index in [2.05, 4.69) is 11.8 Å². The summed E-state index contributed by atoms with van der Waals surface area (Å²) in [6.07, 6.45) is 2.18. The number of phenols is 1. The minimum atomic E-state index is -0.359. The molecule has 1 fully saturated rings. The molecule has 4 nitrogen and oxygen atoms in total. The fraction of sp³-hybridized carbons (Fsp3) is 0.333. The Bertz CT molecular complexity index is 1200. The van der Waals surface area contributed by atoms with E-state index in [-0.39, 0.29) is 17.7 Å². The van der Waals surface area contributed by atoms with Gasteiger partial charge in [0.25, 0.3) is 0 Å². The zero-order chi connectivity index (χ0) is 24.4. The van der Waals surface area contributed by atoms with E-state index in [4.69, 9.17) is 9.47 Å². The van der Waals surface area contributed by atoms with Gasteiger partial charge < -0.3 is 14.6 Å². The number of ether oxygens (including phenoxy) is 2. The van der Waals surface area contributed by atoms with E-state index < -0.39 is 0 Å². The molecule has 5 rings (SSSR count). The molecule has 2 heterocycles. The number of likely N-dealkylation sites (tertiary alicyclic amines) is 1. The molecule has 0 bridgehead atoms. The van der Waals surface area contributed by atoms with Crippen LogP contribution in [0.4, 0.5) is 4.39 Å². The lowest BCUT2D eigenvalue weighted by Gasteiger charge is -2.31. The molecule has 1 unspecified atom stereocenters. The molecule has 2 aliphatic heterocycles. The van der Waals surface area contributed by atoms with Gasteiger partial charge in [-0.15, -0.1) is 0 Å². The predicted molar refractivity (Wildman–Crippen MR) is 137 cm³/mol. The summed E-state index contributed by atoms with van der Waals surface area (Å²) in [6, 6.07) is 19.7. The van der Waals surface area contributed by atoms with Crippen molar-refractivity contribution in [3.63, 3.8) is 0 Å². The summed E-state index contributed by atoms with van der Waals surface area (Å²) >= 11 is 0. The lowest BCUT2D eigenvalue weighted by Crippen LogP contribution is -2.26. The van der Waals surface area contributed by atoms with Crippen LogP contribution < -0.4 is 9.47 Å². The van der Waals surface area contributed by atoms with Crippen LogP contribution >= 0.6 is 0 Å². The molecule has 0 saturated carbocycles. The van der Waals surface area contributed by atoms with Crippen LogP contribution in [0.5, 0.6) is 17.2 Å². The SMILES string of the molecule is CC[C@@H]1CCN(CCOc2ccc(C3Oc4ccc(O)cc4C(C)=C3c3ccc(F)cc3)cc2)C1. The average Bonchev–Trinajstić information content (AvgIpc) is 3.34. The first-order valence-electron chi connectivity index (χ1n) is 12.4. The summed E-state index contributed by atoms with van der Waals surface area (Å²) in [7, 11) is 0. The molecule has 3 aromatic carbocycles. The van der Waals surface area contributed by atoms with Gasteiger partial charge in [0.1, 0.15) is 35.8 Å². The van der Waals surface area contributed by atoms with Crippen LogP contribution in [0.3, 0.4) is 0 Å². The Balaban J connectivity index is 1.36. The average molecular weight is 474 g/mol. The molecule has 0 spiro atoms. The highest BCUT2D eigenvalue weighted by molar-refractivity contribution is 5.95. The van der Waals surface area contributed by atoms with Crippen molar-refractivity contribution < 1.29 is 19.0 Å². The summed E-state index contributed by atoms with van der Waals surface area (Å²) in [5, 5.41) is 10.0.